The van der Waals surface area contributed by atoms with Gasteiger partial charge in [0.15, 0.2) is 5.82 Å². The third kappa shape index (κ3) is 3.10. The molecule has 8 heteroatoms. The van der Waals surface area contributed by atoms with Crippen LogP contribution in [0.25, 0.3) is 11.4 Å². The van der Waals surface area contributed by atoms with Crippen molar-refractivity contribution in [3.63, 3.8) is 0 Å². The molecule has 2 aromatic heterocycles. The number of aromatic nitrogens is 4. The summed E-state index contributed by atoms with van der Waals surface area (Å²) in [6, 6.07) is 3.54. The third-order valence-electron chi connectivity index (χ3n) is 2.40. The highest BCUT2D eigenvalue weighted by molar-refractivity contribution is 8.13. The van der Waals surface area contributed by atoms with Gasteiger partial charge >= 0.3 is 0 Å². The molecule has 0 bridgehead atoms. The zero-order chi connectivity index (χ0) is 14.0. The molecule has 0 atom stereocenters. The number of halogens is 1. The first-order valence-corrected chi connectivity index (χ1v) is 7.99. The Morgan fingerprint density at radius 1 is 1.37 bits per heavy atom. The van der Waals surface area contributed by atoms with E-state index < -0.39 is 9.05 Å². The molecular formula is C11H13ClN4O2S. The Labute approximate surface area is 115 Å². The smallest absolute Gasteiger partial charge is 0.296 e. The number of hydrogen-bond donors (Lipinski definition) is 0. The van der Waals surface area contributed by atoms with Crippen molar-refractivity contribution < 1.29 is 8.42 Å². The van der Waals surface area contributed by atoms with Crippen LogP contribution in [0.2, 0.25) is 0 Å². The first kappa shape index (κ1) is 14.0. The van der Waals surface area contributed by atoms with Crippen molar-refractivity contribution >= 4 is 19.7 Å². The van der Waals surface area contributed by atoms with Crippen LogP contribution in [-0.4, -0.2) is 28.2 Å². The first-order valence-electron chi connectivity index (χ1n) is 5.68. The Bertz CT molecular complexity index is 667. The van der Waals surface area contributed by atoms with Gasteiger partial charge in [-0.05, 0) is 18.1 Å². The maximum atomic E-state index is 11.5. The standard InChI is InChI=1S/C11H13ClN4O2S/c1-8(2)7-16-10(9-4-3-5-13-6-9)14-15-11(16)19(12,17)18/h3-6,8H,7H2,1-2H3. The van der Waals surface area contributed by atoms with E-state index in [2.05, 4.69) is 15.2 Å². The molecule has 0 aromatic carbocycles. The monoisotopic (exact) mass is 300 g/mol. The average molecular weight is 301 g/mol. The van der Waals surface area contributed by atoms with E-state index in [1.807, 2.05) is 13.8 Å². The maximum absolute atomic E-state index is 11.5. The van der Waals surface area contributed by atoms with Crippen molar-refractivity contribution in [1.29, 1.82) is 0 Å². The van der Waals surface area contributed by atoms with Crippen molar-refractivity contribution in [3.8, 4) is 11.4 Å². The second-order valence-electron chi connectivity index (χ2n) is 4.49. The van der Waals surface area contributed by atoms with Crippen molar-refractivity contribution in [2.75, 3.05) is 0 Å². The summed E-state index contributed by atoms with van der Waals surface area (Å²) < 4.78 is 24.5. The van der Waals surface area contributed by atoms with E-state index in [4.69, 9.17) is 10.7 Å². The topological polar surface area (TPSA) is 77.7 Å². The number of pyridine rings is 1. The zero-order valence-electron chi connectivity index (χ0n) is 10.5. The maximum Gasteiger partial charge on any atom is 0.296 e. The molecule has 6 nitrogen and oxygen atoms in total. The molecule has 0 aliphatic heterocycles. The van der Waals surface area contributed by atoms with Crippen LogP contribution in [0.1, 0.15) is 13.8 Å². The van der Waals surface area contributed by atoms with Crippen LogP contribution >= 0.6 is 10.7 Å². The van der Waals surface area contributed by atoms with Crippen LogP contribution < -0.4 is 0 Å². The van der Waals surface area contributed by atoms with Gasteiger partial charge in [0.1, 0.15) is 0 Å². The molecule has 0 saturated heterocycles. The van der Waals surface area contributed by atoms with E-state index in [9.17, 15) is 8.42 Å². The molecule has 0 aliphatic carbocycles. The van der Waals surface area contributed by atoms with Gasteiger partial charge in [0.25, 0.3) is 14.2 Å². The van der Waals surface area contributed by atoms with Crippen LogP contribution in [0.15, 0.2) is 29.7 Å². The lowest BCUT2D eigenvalue weighted by Gasteiger charge is -2.11. The SMILES string of the molecule is CC(C)Cn1c(-c2cccnc2)nnc1S(=O)(=O)Cl. The van der Waals surface area contributed by atoms with Gasteiger partial charge in [-0.2, -0.15) is 0 Å². The van der Waals surface area contributed by atoms with Gasteiger partial charge in [-0.1, -0.05) is 13.8 Å². The summed E-state index contributed by atoms with van der Waals surface area (Å²) in [5.41, 5.74) is 0.696. The molecule has 19 heavy (non-hydrogen) atoms. The molecule has 0 amide bonds. The van der Waals surface area contributed by atoms with Crippen LogP contribution in [0.3, 0.4) is 0 Å². The summed E-state index contributed by atoms with van der Waals surface area (Å²) in [5.74, 6) is 0.671. The van der Waals surface area contributed by atoms with Gasteiger partial charge in [-0.3, -0.25) is 9.55 Å². The minimum atomic E-state index is -3.93. The molecule has 0 fully saturated rings. The predicted molar refractivity (Wildman–Crippen MR) is 71.1 cm³/mol. The summed E-state index contributed by atoms with van der Waals surface area (Å²) in [6.45, 7) is 4.40. The molecule has 0 unspecified atom stereocenters. The fraction of sp³-hybridized carbons (Fsp3) is 0.364. The summed E-state index contributed by atoms with van der Waals surface area (Å²) >= 11 is 0. The van der Waals surface area contributed by atoms with Gasteiger partial charge in [-0.25, -0.2) is 8.42 Å². The third-order valence-corrected chi connectivity index (χ3v) is 3.55. The van der Waals surface area contributed by atoms with E-state index in [0.717, 1.165) is 0 Å². The minimum Gasteiger partial charge on any atom is -0.297 e. The molecule has 2 aromatic rings. The van der Waals surface area contributed by atoms with Crippen LogP contribution in [0.5, 0.6) is 0 Å². The average Bonchev–Trinajstić information content (AvgIpc) is 2.72. The Hall–Kier alpha value is -1.47. The molecular weight excluding hydrogens is 288 g/mol. The van der Waals surface area contributed by atoms with Crippen molar-refractivity contribution in [2.45, 2.75) is 25.5 Å². The summed E-state index contributed by atoms with van der Waals surface area (Å²) in [7, 11) is 1.46. The molecule has 0 saturated carbocycles. The zero-order valence-corrected chi connectivity index (χ0v) is 12.1. The number of hydrogen-bond acceptors (Lipinski definition) is 5. The van der Waals surface area contributed by atoms with E-state index in [1.54, 1.807) is 24.5 Å². The van der Waals surface area contributed by atoms with Crippen molar-refractivity contribution in [1.82, 2.24) is 19.7 Å². The molecule has 102 valence electrons. The Balaban J connectivity index is 2.60. The van der Waals surface area contributed by atoms with Gasteiger partial charge in [0.05, 0.1) is 0 Å². The first-order chi connectivity index (χ1) is 8.89. The van der Waals surface area contributed by atoms with Crippen molar-refractivity contribution in [3.05, 3.63) is 24.5 Å². The normalized spacial score (nSPS) is 12.0. The molecule has 2 rings (SSSR count). The van der Waals surface area contributed by atoms with E-state index in [1.165, 1.54) is 4.57 Å². The number of nitrogens with zero attached hydrogens (tertiary/aromatic N) is 4. The summed E-state index contributed by atoms with van der Waals surface area (Å²) in [6.07, 6.45) is 3.23. The van der Waals surface area contributed by atoms with Crippen LogP contribution in [0, 0.1) is 5.92 Å². The number of rotatable bonds is 4. The highest BCUT2D eigenvalue weighted by Crippen LogP contribution is 2.22. The second kappa shape index (κ2) is 5.26. The highest BCUT2D eigenvalue weighted by atomic mass is 35.7. The molecule has 0 aliphatic rings. The summed E-state index contributed by atoms with van der Waals surface area (Å²) in [4.78, 5) is 3.99. The molecule has 0 spiro atoms. The van der Waals surface area contributed by atoms with Crippen LogP contribution in [0.4, 0.5) is 0 Å². The highest BCUT2D eigenvalue weighted by Gasteiger charge is 2.23. The van der Waals surface area contributed by atoms with E-state index in [0.29, 0.717) is 17.9 Å². The largest absolute Gasteiger partial charge is 0.297 e. The minimum absolute atomic E-state index is 0.226. The molecule has 2 heterocycles. The van der Waals surface area contributed by atoms with E-state index >= 15 is 0 Å². The van der Waals surface area contributed by atoms with Crippen LogP contribution in [-0.2, 0) is 15.6 Å². The lowest BCUT2D eigenvalue weighted by Crippen LogP contribution is -2.11. The lowest BCUT2D eigenvalue weighted by atomic mass is 10.2. The molecule has 0 radical (unpaired) electrons. The predicted octanol–water partition coefficient (Wildman–Crippen LogP) is 1.92. The van der Waals surface area contributed by atoms with Crippen molar-refractivity contribution in [2.24, 2.45) is 5.92 Å². The Morgan fingerprint density at radius 2 is 2.11 bits per heavy atom. The van der Waals surface area contributed by atoms with Gasteiger partial charge in [-0.15, -0.1) is 10.2 Å². The van der Waals surface area contributed by atoms with Gasteiger partial charge in [0.2, 0.25) is 0 Å². The van der Waals surface area contributed by atoms with Gasteiger partial charge < -0.3 is 0 Å². The lowest BCUT2D eigenvalue weighted by molar-refractivity contribution is 0.488. The fourth-order valence-electron chi connectivity index (χ4n) is 1.71. The summed E-state index contributed by atoms with van der Waals surface area (Å²) in [5, 5.41) is 7.36. The Morgan fingerprint density at radius 3 is 2.63 bits per heavy atom. The second-order valence-corrected chi connectivity index (χ2v) is 6.95. The quantitative estimate of drug-likeness (QED) is 0.806. The molecule has 0 N–H and O–H groups in total. The van der Waals surface area contributed by atoms with E-state index in [-0.39, 0.29) is 11.1 Å². The van der Waals surface area contributed by atoms with Gasteiger partial charge in [0, 0.05) is 35.2 Å². The Kier molecular flexibility index (Phi) is 3.86. The fourth-order valence-corrected chi connectivity index (χ4v) is 2.61.